The van der Waals surface area contributed by atoms with Gasteiger partial charge in [0.05, 0.1) is 24.5 Å². The molecule has 0 bridgehead atoms. The largest absolute Gasteiger partial charge is 0.395 e. The van der Waals surface area contributed by atoms with Gasteiger partial charge in [0, 0.05) is 13.2 Å². The summed E-state index contributed by atoms with van der Waals surface area (Å²) in [6.07, 6.45) is 4.68. The summed E-state index contributed by atoms with van der Waals surface area (Å²) in [5.74, 6) is 0. The van der Waals surface area contributed by atoms with Gasteiger partial charge in [0.15, 0.2) is 0 Å². The zero-order valence-electron chi connectivity index (χ0n) is 11.1. The summed E-state index contributed by atoms with van der Waals surface area (Å²) in [5.41, 5.74) is 5.98. The Morgan fingerprint density at radius 2 is 2.26 bits per heavy atom. The molecule has 1 heterocycles. The maximum Gasteiger partial charge on any atom is 0.209 e. The van der Waals surface area contributed by atoms with E-state index in [0.29, 0.717) is 12.6 Å². The number of tetrazole rings is 1. The lowest BCUT2D eigenvalue weighted by molar-refractivity contribution is 0.167. The van der Waals surface area contributed by atoms with Gasteiger partial charge in [0.1, 0.15) is 0 Å². The van der Waals surface area contributed by atoms with Crippen molar-refractivity contribution >= 4 is 11.8 Å². The molecule has 3 N–H and O–H groups in total. The molecule has 2 rings (SSSR count). The Balaban J connectivity index is 2.03. The zero-order chi connectivity index (χ0) is 13.7. The quantitative estimate of drug-likeness (QED) is 0.692. The molecule has 0 aromatic carbocycles. The number of ether oxygens (including phenoxy) is 1. The minimum absolute atomic E-state index is 0.0211. The third-order valence-corrected chi connectivity index (χ3v) is 4.69. The first-order valence-electron chi connectivity index (χ1n) is 6.56. The second-order valence-electron chi connectivity index (χ2n) is 4.80. The maximum absolute atomic E-state index is 9.44. The first-order chi connectivity index (χ1) is 9.26. The minimum atomic E-state index is -0.242. The van der Waals surface area contributed by atoms with Gasteiger partial charge in [0.2, 0.25) is 5.16 Å². The van der Waals surface area contributed by atoms with E-state index >= 15 is 0 Å². The van der Waals surface area contributed by atoms with Crippen LogP contribution >= 0.6 is 11.8 Å². The fourth-order valence-electron chi connectivity index (χ4n) is 2.34. The molecule has 7 nitrogen and oxygen atoms in total. The van der Waals surface area contributed by atoms with Crippen molar-refractivity contribution in [2.24, 2.45) is 5.73 Å². The van der Waals surface area contributed by atoms with E-state index in [2.05, 4.69) is 15.5 Å². The Morgan fingerprint density at radius 1 is 1.53 bits per heavy atom. The van der Waals surface area contributed by atoms with E-state index < -0.39 is 0 Å². The first kappa shape index (κ1) is 14.7. The molecule has 2 unspecified atom stereocenters. The number of thioether (sulfide) groups is 1. The van der Waals surface area contributed by atoms with Crippen molar-refractivity contribution < 1.29 is 9.84 Å². The van der Waals surface area contributed by atoms with Gasteiger partial charge in [-0.25, -0.2) is 4.68 Å². The lowest BCUT2D eigenvalue weighted by Gasteiger charge is -2.20. The predicted molar refractivity (Wildman–Crippen MR) is 71.9 cm³/mol. The smallest absolute Gasteiger partial charge is 0.209 e. The van der Waals surface area contributed by atoms with Crippen LogP contribution in [0.2, 0.25) is 0 Å². The topological polar surface area (TPSA) is 99.1 Å². The molecular weight excluding hydrogens is 266 g/mol. The Hall–Kier alpha value is -0.700. The van der Waals surface area contributed by atoms with Crippen LogP contribution in [0.15, 0.2) is 5.16 Å². The molecular formula is C11H21N5O2S. The van der Waals surface area contributed by atoms with Crippen molar-refractivity contribution in [2.45, 2.75) is 48.2 Å². The van der Waals surface area contributed by atoms with Crippen LogP contribution in [0.4, 0.5) is 0 Å². The summed E-state index contributed by atoms with van der Waals surface area (Å²) in [7, 11) is 1.60. The lowest BCUT2D eigenvalue weighted by Crippen LogP contribution is -2.39. The number of aromatic nitrogens is 4. The van der Waals surface area contributed by atoms with Crippen molar-refractivity contribution in [3.63, 3.8) is 0 Å². The molecule has 0 saturated heterocycles. The molecule has 1 fully saturated rings. The van der Waals surface area contributed by atoms with Crippen molar-refractivity contribution in [3.05, 3.63) is 0 Å². The van der Waals surface area contributed by atoms with Crippen LogP contribution < -0.4 is 5.73 Å². The SMILES string of the molecule is COCC(N)C(CO)Sc1nnnn1C1CCCC1. The Bertz CT molecular complexity index is 383. The number of hydrogen-bond acceptors (Lipinski definition) is 7. The Morgan fingerprint density at radius 3 is 2.89 bits per heavy atom. The van der Waals surface area contributed by atoms with E-state index in [4.69, 9.17) is 10.5 Å². The van der Waals surface area contributed by atoms with Crippen LogP contribution in [-0.2, 0) is 4.74 Å². The highest BCUT2D eigenvalue weighted by Crippen LogP contribution is 2.32. The number of aliphatic hydroxyl groups is 1. The maximum atomic E-state index is 9.44. The van der Waals surface area contributed by atoms with Crippen LogP contribution in [-0.4, -0.2) is 56.9 Å². The Labute approximate surface area is 116 Å². The average molecular weight is 287 g/mol. The van der Waals surface area contributed by atoms with Gasteiger partial charge in [-0.3, -0.25) is 0 Å². The van der Waals surface area contributed by atoms with Gasteiger partial charge in [-0.1, -0.05) is 24.6 Å². The third-order valence-electron chi connectivity index (χ3n) is 3.41. The summed E-state index contributed by atoms with van der Waals surface area (Å²) in [6, 6.07) is 0.143. The van der Waals surface area contributed by atoms with E-state index in [9.17, 15) is 5.11 Å². The minimum Gasteiger partial charge on any atom is -0.395 e. The van der Waals surface area contributed by atoms with Gasteiger partial charge in [-0.2, -0.15) is 0 Å². The highest BCUT2D eigenvalue weighted by atomic mass is 32.2. The molecule has 2 atom stereocenters. The molecule has 0 spiro atoms. The summed E-state index contributed by atoms with van der Waals surface area (Å²) in [6.45, 7) is 0.385. The van der Waals surface area contributed by atoms with E-state index in [0.717, 1.165) is 18.0 Å². The van der Waals surface area contributed by atoms with Crippen molar-refractivity contribution in [2.75, 3.05) is 20.3 Å². The van der Waals surface area contributed by atoms with Gasteiger partial charge in [0.25, 0.3) is 0 Å². The number of nitrogens with zero attached hydrogens (tertiary/aromatic N) is 4. The molecule has 0 amide bonds. The average Bonchev–Trinajstić information content (AvgIpc) is 3.06. The molecule has 0 radical (unpaired) electrons. The number of nitrogens with two attached hydrogens (primary N) is 1. The number of aliphatic hydroxyl groups excluding tert-OH is 1. The van der Waals surface area contributed by atoms with Crippen LogP contribution in [0.25, 0.3) is 0 Å². The van der Waals surface area contributed by atoms with Gasteiger partial charge in [-0.05, 0) is 23.3 Å². The molecule has 19 heavy (non-hydrogen) atoms. The van der Waals surface area contributed by atoms with Gasteiger partial charge >= 0.3 is 0 Å². The molecule has 0 aliphatic heterocycles. The summed E-state index contributed by atoms with van der Waals surface area (Å²) in [5, 5.41) is 21.9. The number of hydrogen-bond donors (Lipinski definition) is 2. The van der Waals surface area contributed by atoms with Crippen LogP contribution in [0.1, 0.15) is 31.7 Å². The molecule has 1 aliphatic carbocycles. The van der Waals surface area contributed by atoms with E-state index in [1.54, 1.807) is 7.11 Å². The summed E-state index contributed by atoms with van der Waals surface area (Å²) < 4.78 is 6.90. The standard InChI is InChI=1S/C11H21N5O2S/c1-18-7-9(12)10(6-17)19-11-13-14-15-16(11)8-4-2-3-5-8/h8-10,17H,2-7,12H2,1H3. The highest BCUT2D eigenvalue weighted by molar-refractivity contribution is 7.99. The molecule has 1 aliphatic rings. The van der Waals surface area contributed by atoms with Crippen molar-refractivity contribution in [1.29, 1.82) is 0 Å². The van der Waals surface area contributed by atoms with Crippen LogP contribution in [0.5, 0.6) is 0 Å². The number of methoxy groups -OCH3 is 1. The summed E-state index contributed by atoms with van der Waals surface area (Å²) in [4.78, 5) is 0. The molecule has 8 heteroatoms. The summed E-state index contributed by atoms with van der Waals surface area (Å²) >= 11 is 1.43. The van der Waals surface area contributed by atoms with Crippen LogP contribution in [0, 0.1) is 0 Å². The monoisotopic (exact) mass is 287 g/mol. The van der Waals surface area contributed by atoms with E-state index in [-0.39, 0.29) is 17.9 Å². The van der Waals surface area contributed by atoms with E-state index in [1.807, 2.05) is 4.68 Å². The third kappa shape index (κ3) is 3.65. The Kier molecular flexibility index (Phi) is 5.56. The second-order valence-corrected chi connectivity index (χ2v) is 6.01. The second kappa shape index (κ2) is 7.18. The van der Waals surface area contributed by atoms with Crippen LogP contribution in [0.3, 0.4) is 0 Å². The molecule has 1 aromatic heterocycles. The van der Waals surface area contributed by atoms with Gasteiger partial charge < -0.3 is 15.6 Å². The number of rotatable bonds is 7. The first-order valence-corrected chi connectivity index (χ1v) is 7.44. The zero-order valence-corrected chi connectivity index (χ0v) is 11.9. The highest BCUT2D eigenvalue weighted by Gasteiger charge is 2.25. The van der Waals surface area contributed by atoms with E-state index in [1.165, 1.54) is 24.6 Å². The predicted octanol–water partition coefficient (Wildman–Crippen LogP) is 0.215. The molecule has 1 saturated carbocycles. The lowest BCUT2D eigenvalue weighted by atomic mass is 10.2. The fourth-order valence-corrected chi connectivity index (χ4v) is 3.31. The fraction of sp³-hybridized carbons (Fsp3) is 0.909. The normalized spacial score (nSPS) is 19.7. The molecule has 1 aromatic rings. The van der Waals surface area contributed by atoms with Gasteiger partial charge in [-0.15, -0.1) is 5.10 Å². The van der Waals surface area contributed by atoms with Crippen molar-refractivity contribution in [3.8, 4) is 0 Å². The molecule has 108 valence electrons. The van der Waals surface area contributed by atoms with Crippen molar-refractivity contribution in [1.82, 2.24) is 20.2 Å².